The summed E-state index contributed by atoms with van der Waals surface area (Å²) >= 11 is 0. The zero-order valence-electron chi connectivity index (χ0n) is 9.52. The summed E-state index contributed by atoms with van der Waals surface area (Å²) in [6.07, 6.45) is 7.72. The Kier molecular flexibility index (Phi) is 3.73. The van der Waals surface area contributed by atoms with Gasteiger partial charge in [0, 0.05) is 12.4 Å². The van der Waals surface area contributed by atoms with Crippen molar-refractivity contribution in [1.82, 2.24) is 9.88 Å². The van der Waals surface area contributed by atoms with Gasteiger partial charge in [-0.2, -0.15) is 0 Å². The maximum absolute atomic E-state index is 4.07. The van der Waals surface area contributed by atoms with Gasteiger partial charge in [0.1, 0.15) is 0 Å². The summed E-state index contributed by atoms with van der Waals surface area (Å²) in [4.78, 5) is 6.66. The van der Waals surface area contributed by atoms with E-state index in [2.05, 4.69) is 28.9 Å². The molecule has 0 aromatic carbocycles. The van der Waals surface area contributed by atoms with Crippen LogP contribution in [0, 0.1) is 0 Å². The van der Waals surface area contributed by atoms with Crippen molar-refractivity contribution >= 4 is 0 Å². The maximum atomic E-state index is 4.07. The normalized spacial score (nSPS) is 19.3. The first-order valence-electron chi connectivity index (χ1n) is 6.02. The molecule has 0 saturated carbocycles. The Morgan fingerprint density at radius 1 is 1.27 bits per heavy atom. The summed E-state index contributed by atoms with van der Waals surface area (Å²) in [5.74, 6) is 0.765. The molecule has 15 heavy (non-hydrogen) atoms. The van der Waals surface area contributed by atoms with E-state index in [9.17, 15) is 0 Å². The van der Waals surface area contributed by atoms with Crippen LogP contribution in [0.2, 0.25) is 0 Å². The number of hydrogen-bond donors (Lipinski definition) is 0. The molecule has 0 unspecified atom stereocenters. The van der Waals surface area contributed by atoms with Gasteiger partial charge in [0.05, 0.1) is 0 Å². The molecule has 2 rings (SSSR count). The highest BCUT2D eigenvalue weighted by molar-refractivity contribution is 5.16. The molecule has 1 aliphatic heterocycles. The molecule has 82 valence electrons. The van der Waals surface area contributed by atoms with Crippen LogP contribution in [0.1, 0.15) is 37.7 Å². The molecule has 0 amide bonds. The van der Waals surface area contributed by atoms with E-state index in [1.807, 2.05) is 12.4 Å². The number of piperidine rings is 1. The molecule has 2 heteroatoms. The fourth-order valence-corrected chi connectivity index (χ4v) is 2.44. The van der Waals surface area contributed by atoms with Crippen molar-refractivity contribution in [2.45, 2.75) is 32.1 Å². The summed E-state index contributed by atoms with van der Waals surface area (Å²) in [6, 6.07) is 4.33. The van der Waals surface area contributed by atoms with Crippen molar-refractivity contribution in [3.63, 3.8) is 0 Å². The Balaban J connectivity index is 1.88. The third-order valence-electron chi connectivity index (χ3n) is 3.30. The molecule has 1 fully saturated rings. The number of nitrogens with zero attached hydrogens (tertiary/aromatic N) is 2. The van der Waals surface area contributed by atoms with Crippen molar-refractivity contribution in [2.75, 3.05) is 19.6 Å². The van der Waals surface area contributed by atoms with Gasteiger partial charge >= 0.3 is 0 Å². The second-order valence-electron chi connectivity index (χ2n) is 4.40. The molecule has 1 saturated heterocycles. The van der Waals surface area contributed by atoms with Crippen LogP contribution in [-0.2, 0) is 0 Å². The van der Waals surface area contributed by atoms with Crippen LogP contribution >= 0.6 is 0 Å². The van der Waals surface area contributed by atoms with Gasteiger partial charge in [-0.3, -0.25) is 4.98 Å². The van der Waals surface area contributed by atoms with Crippen molar-refractivity contribution < 1.29 is 0 Å². The van der Waals surface area contributed by atoms with Crippen molar-refractivity contribution in [1.29, 1.82) is 0 Å². The van der Waals surface area contributed by atoms with Gasteiger partial charge < -0.3 is 4.90 Å². The lowest BCUT2D eigenvalue weighted by molar-refractivity contribution is 0.213. The molecule has 1 aromatic rings. The number of hydrogen-bond acceptors (Lipinski definition) is 2. The van der Waals surface area contributed by atoms with Crippen LogP contribution in [-0.4, -0.2) is 29.5 Å². The predicted molar refractivity (Wildman–Crippen MR) is 62.9 cm³/mol. The summed E-state index contributed by atoms with van der Waals surface area (Å²) < 4.78 is 0. The Labute approximate surface area is 92.3 Å². The van der Waals surface area contributed by atoms with Crippen LogP contribution in [0.4, 0.5) is 0 Å². The number of pyridine rings is 1. The number of likely N-dealkylation sites (tertiary alicyclic amines) is 1. The lowest BCUT2D eigenvalue weighted by Crippen LogP contribution is -2.33. The Morgan fingerprint density at radius 3 is 2.53 bits per heavy atom. The number of rotatable bonds is 3. The zero-order valence-corrected chi connectivity index (χ0v) is 9.52. The third-order valence-corrected chi connectivity index (χ3v) is 3.30. The van der Waals surface area contributed by atoms with Crippen molar-refractivity contribution in [3.05, 3.63) is 30.1 Å². The molecule has 1 aromatic heterocycles. The van der Waals surface area contributed by atoms with Gasteiger partial charge in [-0.25, -0.2) is 0 Å². The van der Waals surface area contributed by atoms with E-state index in [0.29, 0.717) is 0 Å². The summed E-state index contributed by atoms with van der Waals surface area (Å²) in [6.45, 7) is 6.06. The first kappa shape index (κ1) is 10.6. The summed E-state index contributed by atoms with van der Waals surface area (Å²) in [5.41, 5.74) is 1.47. The van der Waals surface area contributed by atoms with Gasteiger partial charge in [-0.05, 0) is 62.5 Å². The molecule has 0 spiro atoms. The first-order chi connectivity index (χ1) is 7.40. The highest BCUT2D eigenvalue weighted by Gasteiger charge is 2.19. The maximum Gasteiger partial charge on any atom is 0.0270 e. The minimum Gasteiger partial charge on any atom is -0.303 e. The quantitative estimate of drug-likeness (QED) is 0.752. The second-order valence-corrected chi connectivity index (χ2v) is 4.40. The minimum atomic E-state index is 0.765. The Morgan fingerprint density at radius 2 is 1.93 bits per heavy atom. The smallest absolute Gasteiger partial charge is 0.0270 e. The van der Waals surface area contributed by atoms with E-state index in [1.165, 1.54) is 44.5 Å². The first-order valence-corrected chi connectivity index (χ1v) is 6.02. The summed E-state index contributed by atoms with van der Waals surface area (Å²) in [7, 11) is 0. The van der Waals surface area contributed by atoms with E-state index in [0.717, 1.165) is 5.92 Å². The molecule has 0 bridgehead atoms. The van der Waals surface area contributed by atoms with Crippen LogP contribution in [0.3, 0.4) is 0 Å². The van der Waals surface area contributed by atoms with Gasteiger partial charge in [-0.15, -0.1) is 0 Å². The standard InChI is InChI=1S/C13H20N2/c1-2-9-15-10-5-13(6-11-15)12-3-7-14-8-4-12/h3-4,7-8,13H,2,5-6,9-11H2,1H3. The molecule has 0 atom stereocenters. The Hall–Kier alpha value is -0.890. The fraction of sp³-hybridized carbons (Fsp3) is 0.615. The van der Waals surface area contributed by atoms with Gasteiger partial charge in [0.25, 0.3) is 0 Å². The molecule has 0 N–H and O–H groups in total. The molecule has 2 heterocycles. The molecular weight excluding hydrogens is 184 g/mol. The molecule has 0 aliphatic carbocycles. The average Bonchev–Trinajstić information content (AvgIpc) is 2.32. The highest BCUT2D eigenvalue weighted by atomic mass is 15.1. The van der Waals surface area contributed by atoms with Crippen molar-refractivity contribution in [3.8, 4) is 0 Å². The van der Waals surface area contributed by atoms with Gasteiger partial charge in [-0.1, -0.05) is 6.92 Å². The molecular formula is C13H20N2. The highest BCUT2D eigenvalue weighted by Crippen LogP contribution is 2.27. The van der Waals surface area contributed by atoms with Crippen LogP contribution in [0.25, 0.3) is 0 Å². The monoisotopic (exact) mass is 204 g/mol. The second kappa shape index (κ2) is 5.26. The average molecular weight is 204 g/mol. The van der Waals surface area contributed by atoms with E-state index in [1.54, 1.807) is 0 Å². The van der Waals surface area contributed by atoms with Crippen molar-refractivity contribution in [2.24, 2.45) is 0 Å². The number of aromatic nitrogens is 1. The predicted octanol–water partition coefficient (Wildman–Crippen LogP) is 2.67. The van der Waals surface area contributed by atoms with Gasteiger partial charge in [0.15, 0.2) is 0 Å². The van der Waals surface area contributed by atoms with E-state index in [-0.39, 0.29) is 0 Å². The van der Waals surface area contributed by atoms with Crippen LogP contribution < -0.4 is 0 Å². The van der Waals surface area contributed by atoms with E-state index >= 15 is 0 Å². The molecule has 2 nitrogen and oxygen atoms in total. The largest absolute Gasteiger partial charge is 0.303 e. The van der Waals surface area contributed by atoms with E-state index < -0.39 is 0 Å². The lowest BCUT2D eigenvalue weighted by atomic mass is 9.90. The summed E-state index contributed by atoms with van der Waals surface area (Å²) in [5, 5.41) is 0. The topological polar surface area (TPSA) is 16.1 Å². The SMILES string of the molecule is CCCN1CCC(c2ccncc2)CC1. The van der Waals surface area contributed by atoms with E-state index in [4.69, 9.17) is 0 Å². The van der Waals surface area contributed by atoms with Crippen LogP contribution in [0.5, 0.6) is 0 Å². The molecule has 0 radical (unpaired) electrons. The minimum absolute atomic E-state index is 0.765. The van der Waals surface area contributed by atoms with Crippen LogP contribution in [0.15, 0.2) is 24.5 Å². The Bertz CT molecular complexity index is 276. The fourth-order valence-electron chi connectivity index (χ4n) is 2.44. The zero-order chi connectivity index (χ0) is 10.5. The molecule has 1 aliphatic rings. The van der Waals surface area contributed by atoms with Gasteiger partial charge in [0.2, 0.25) is 0 Å². The lowest BCUT2D eigenvalue weighted by Gasteiger charge is -2.31. The third kappa shape index (κ3) is 2.78.